The van der Waals surface area contributed by atoms with Gasteiger partial charge in [0.05, 0.1) is 0 Å². The van der Waals surface area contributed by atoms with Gasteiger partial charge in [-0.15, -0.1) is 22.8 Å². The Kier molecular flexibility index (Phi) is 2.89. The van der Waals surface area contributed by atoms with Crippen molar-refractivity contribution in [2.45, 2.75) is 5.16 Å². The summed E-state index contributed by atoms with van der Waals surface area (Å²) in [4.78, 5) is 2.92. The number of nitrogens with zero attached hydrogens (tertiary/aromatic N) is 2. The van der Waals surface area contributed by atoms with Crippen molar-refractivity contribution < 1.29 is 4.74 Å². The highest BCUT2D eigenvalue weighted by molar-refractivity contribution is 7.80. The van der Waals surface area contributed by atoms with E-state index < -0.39 is 0 Å². The van der Waals surface area contributed by atoms with Gasteiger partial charge < -0.3 is 9.72 Å². The van der Waals surface area contributed by atoms with Crippen molar-refractivity contribution >= 4 is 12.6 Å². The van der Waals surface area contributed by atoms with Crippen LogP contribution in [0.5, 0.6) is 5.75 Å². The van der Waals surface area contributed by atoms with E-state index in [9.17, 15) is 0 Å². The zero-order valence-electron chi connectivity index (χ0n) is 7.84. The third-order valence-corrected chi connectivity index (χ3v) is 2.05. The number of H-pyrrole nitrogens is 1. The predicted octanol–water partition coefficient (Wildman–Crippen LogP) is 1.06. The Bertz CT molecular complexity index is 440. The van der Waals surface area contributed by atoms with Crippen LogP contribution >= 0.6 is 12.6 Å². The lowest BCUT2D eigenvalue weighted by Gasteiger charge is -2.02. The number of benzene rings is 1. The number of ether oxygens (including phenoxy) is 1. The molecule has 78 valence electrons. The Morgan fingerprint density at radius 1 is 1.27 bits per heavy atom. The highest BCUT2D eigenvalue weighted by atomic mass is 32.1. The second-order valence-corrected chi connectivity index (χ2v) is 3.26. The quantitative estimate of drug-likeness (QED) is 0.536. The fourth-order valence-corrected chi connectivity index (χ4v) is 1.34. The van der Waals surface area contributed by atoms with Crippen LogP contribution in [0.4, 0.5) is 0 Å². The summed E-state index contributed by atoms with van der Waals surface area (Å²) in [5.41, 5.74) is 6.18. The van der Waals surface area contributed by atoms with E-state index in [0.29, 0.717) is 11.0 Å². The lowest BCUT2D eigenvalue weighted by atomic mass is 10.2. The molecule has 0 aliphatic carbocycles. The number of hydrogen-bond acceptors (Lipinski definition) is 5. The summed E-state index contributed by atoms with van der Waals surface area (Å²) in [6, 6.07) is 7.39. The molecule has 0 bridgehead atoms. The molecule has 0 radical (unpaired) electrons. The highest BCUT2D eigenvalue weighted by Crippen LogP contribution is 2.19. The molecular weight excluding hydrogens is 212 g/mol. The normalized spacial score (nSPS) is 10.3. The van der Waals surface area contributed by atoms with Gasteiger partial charge in [-0.25, -0.2) is 0 Å². The largest absolute Gasteiger partial charge is 0.479 e. The number of thiol groups is 1. The van der Waals surface area contributed by atoms with Gasteiger partial charge in [-0.05, 0) is 24.3 Å². The van der Waals surface area contributed by atoms with Crippen molar-refractivity contribution in [3.8, 4) is 17.1 Å². The van der Waals surface area contributed by atoms with Crippen LogP contribution in [0, 0.1) is 0 Å². The average molecular weight is 222 g/mol. The van der Waals surface area contributed by atoms with E-state index in [-0.39, 0.29) is 6.73 Å². The number of aromatic amines is 1. The summed E-state index contributed by atoms with van der Waals surface area (Å²) in [5, 5.41) is 8.17. The first-order valence-corrected chi connectivity index (χ1v) is 4.79. The van der Waals surface area contributed by atoms with Crippen LogP contribution in [0.2, 0.25) is 0 Å². The standard InChI is InChI=1S/C9H10N4OS/c10-5-14-7-3-1-6(2-4-7)8-11-9(15)13-12-8/h1-4H,5,10H2,(H2,11,12,13,15). The molecule has 1 heterocycles. The SMILES string of the molecule is NCOc1ccc(-c2nnc(S)[nH]2)cc1. The molecule has 1 aromatic carbocycles. The van der Waals surface area contributed by atoms with Gasteiger partial charge in [0, 0.05) is 5.56 Å². The van der Waals surface area contributed by atoms with E-state index in [2.05, 4.69) is 27.8 Å². The smallest absolute Gasteiger partial charge is 0.185 e. The van der Waals surface area contributed by atoms with Gasteiger partial charge in [-0.2, -0.15) is 0 Å². The number of nitrogens with one attached hydrogen (secondary N) is 1. The molecule has 6 heteroatoms. The minimum atomic E-state index is 0.169. The van der Waals surface area contributed by atoms with Crippen molar-refractivity contribution in [3.63, 3.8) is 0 Å². The average Bonchev–Trinajstić information content (AvgIpc) is 2.67. The molecule has 5 nitrogen and oxygen atoms in total. The van der Waals surface area contributed by atoms with Crippen LogP contribution < -0.4 is 10.5 Å². The number of aromatic nitrogens is 3. The maximum atomic E-state index is 5.25. The van der Waals surface area contributed by atoms with Gasteiger partial charge in [0.1, 0.15) is 12.5 Å². The summed E-state index contributed by atoms with van der Waals surface area (Å²) >= 11 is 4.04. The number of rotatable bonds is 3. The molecule has 0 spiro atoms. The molecular formula is C9H10N4OS. The third kappa shape index (κ3) is 2.28. The second kappa shape index (κ2) is 4.33. The summed E-state index contributed by atoms with van der Waals surface area (Å²) in [7, 11) is 0. The van der Waals surface area contributed by atoms with Gasteiger partial charge in [-0.3, -0.25) is 5.73 Å². The van der Waals surface area contributed by atoms with E-state index in [1.807, 2.05) is 24.3 Å². The predicted molar refractivity (Wildman–Crippen MR) is 58.8 cm³/mol. The lowest BCUT2D eigenvalue weighted by molar-refractivity contribution is 0.330. The summed E-state index contributed by atoms with van der Waals surface area (Å²) in [5.74, 6) is 1.41. The first-order chi connectivity index (χ1) is 7.29. The zero-order valence-corrected chi connectivity index (χ0v) is 8.74. The van der Waals surface area contributed by atoms with Gasteiger partial charge in [-0.1, -0.05) is 0 Å². The van der Waals surface area contributed by atoms with Gasteiger partial charge in [0.15, 0.2) is 11.0 Å². The van der Waals surface area contributed by atoms with E-state index in [0.717, 1.165) is 11.3 Å². The van der Waals surface area contributed by atoms with Crippen molar-refractivity contribution in [1.29, 1.82) is 0 Å². The van der Waals surface area contributed by atoms with E-state index in [1.54, 1.807) is 0 Å². The molecule has 0 saturated heterocycles. The lowest BCUT2D eigenvalue weighted by Crippen LogP contribution is -2.06. The Morgan fingerprint density at radius 3 is 2.53 bits per heavy atom. The highest BCUT2D eigenvalue weighted by Gasteiger charge is 2.02. The molecule has 0 amide bonds. The Morgan fingerprint density at radius 2 is 2.00 bits per heavy atom. The van der Waals surface area contributed by atoms with Crippen LogP contribution in [-0.4, -0.2) is 21.9 Å². The van der Waals surface area contributed by atoms with E-state index >= 15 is 0 Å². The number of nitrogens with two attached hydrogens (primary N) is 1. The fourth-order valence-electron chi connectivity index (χ4n) is 1.19. The van der Waals surface area contributed by atoms with E-state index in [4.69, 9.17) is 10.5 Å². The van der Waals surface area contributed by atoms with Crippen LogP contribution in [0.1, 0.15) is 0 Å². The Hall–Kier alpha value is -1.53. The van der Waals surface area contributed by atoms with Crippen molar-refractivity contribution in [2.75, 3.05) is 6.73 Å². The topological polar surface area (TPSA) is 76.8 Å². The van der Waals surface area contributed by atoms with Crippen LogP contribution in [0.25, 0.3) is 11.4 Å². The molecule has 0 saturated carbocycles. The first kappa shape index (κ1) is 10.0. The monoisotopic (exact) mass is 222 g/mol. The molecule has 15 heavy (non-hydrogen) atoms. The number of hydrogen-bond donors (Lipinski definition) is 3. The summed E-state index contributed by atoms with van der Waals surface area (Å²) in [6.07, 6.45) is 0. The molecule has 0 atom stereocenters. The van der Waals surface area contributed by atoms with Crippen molar-refractivity contribution in [2.24, 2.45) is 5.73 Å². The van der Waals surface area contributed by atoms with Crippen molar-refractivity contribution in [1.82, 2.24) is 15.2 Å². The summed E-state index contributed by atoms with van der Waals surface area (Å²) in [6.45, 7) is 0.169. The fraction of sp³-hybridized carbons (Fsp3) is 0.111. The van der Waals surface area contributed by atoms with Crippen LogP contribution in [0.15, 0.2) is 29.4 Å². The maximum absolute atomic E-state index is 5.25. The van der Waals surface area contributed by atoms with Gasteiger partial charge in [0.25, 0.3) is 0 Å². The minimum absolute atomic E-state index is 0.169. The molecule has 0 unspecified atom stereocenters. The Labute approximate surface area is 92.1 Å². The zero-order chi connectivity index (χ0) is 10.7. The first-order valence-electron chi connectivity index (χ1n) is 4.34. The molecule has 2 aromatic rings. The molecule has 0 aliphatic heterocycles. The third-order valence-electron chi connectivity index (χ3n) is 1.85. The molecule has 0 fully saturated rings. The molecule has 3 N–H and O–H groups in total. The van der Waals surface area contributed by atoms with Crippen molar-refractivity contribution in [3.05, 3.63) is 24.3 Å². The van der Waals surface area contributed by atoms with Gasteiger partial charge >= 0.3 is 0 Å². The van der Waals surface area contributed by atoms with E-state index in [1.165, 1.54) is 0 Å². The summed E-state index contributed by atoms with van der Waals surface area (Å²) < 4.78 is 5.12. The second-order valence-electron chi connectivity index (χ2n) is 2.83. The van der Waals surface area contributed by atoms with Gasteiger partial charge in [0.2, 0.25) is 0 Å². The van der Waals surface area contributed by atoms with Crippen LogP contribution in [0.3, 0.4) is 0 Å². The van der Waals surface area contributed by atoms with Crippen LogP contribution in [-0.2, 0) is 0 Å². The minimum Gasteiger partial charge on any atom is -0.479 e. The molecule has 2 rings (SSSR count). The molecule has 1 aromatic heterocycles. The maximum Gasteiger partial charge on any atom is 0.185 e. The Balaban J connectivity index is 2.23. The molecule has 0 aliphatic rings.